The second kappa shape index (κ2) is 6.60. The van der Waals surface area contributed by atoms with Gasteiger partial charge in [0.05, 0.1) is 5.60 Å². The van der Waals surface area contributed by atoms with Crippen LogP contribution in [0.1, 0.15) is 83.5 Å². The molecule has 2 heteroatoms. The summed E-state index contributed by atoms with van der Waals surface area (Å²) >= 11 is 0. The molecule has 20 heavy (non-hydrogen) atoms. The van der Waals surface area contributed by atoms with Gasteiger partial charge in [-0.05, 0) is 38.0 Å². The van der Waals surface area contributed by atoms with Gasteiger partial charge in [0.1, 0.15) is 5.78 Å². The molecule has 0 aromatic rings. The fourth-order valence-electron chi connectivity index (χ4n) is 4.70. The summed E-state index contributed by atoms with van der Waals surface area (Å²) in [6.45, 7) is 0.819. The van der Waals surface area contributed by atoms with Crippen LogP contribution >= 0.6 is 0 Å². The van der Waals surface area contributed by atoms with Crippen molar-refractivity contribution in [3.63, 3.8) is 0 Å². The Morgan fingerprint density at radius 2 is 1.75 bits per heavy atom. The van der Waals surface area contributed by atoms with Crippen molar-refractivity contribution in [1.29, 1.82) is 0 Å². The summed E-state index contributed by atoms with van der Waals surface area (Å²) in [7, 11) is 0. The molecule has 0 aromatic carbocycles. The van der Waals surface area contributed by atoms with Gasteiger partial charge in [0.2, 0.25) is 0 Å². The number of hydrogen-bond donors (Lipinski definition) is 0. The lowest BCUT2D eigenvalue weighted by Gasteiger charge is -2.37. The van der Waals surface area contributed by atoms with Crippen LogP contribution in [0.2, 0.25) is 0 Å². The lowest BCUT2D eigenvalue weighted by molar-refractivity contribution is -0.136. The maximum absolute atomic E-state index is 12.5. The van der Waals surface area contributed by atoms with Crippen molar-refractivity contribution in [2.24, 2.45) is 11.8 Å². The Morgan fingerprint density at radius 1 is 1.00 bits per heavy atom. The van der Waals surface area contributed by atoms with E-state index in [4.69, 9.17) is 4.74 Å². The Balaban J connectivity index is 1.46. The van der Waals surface area contributed by atoms with E-state index in [0.29, 0.717) is 11.7 Å². The molecule has 0 amide bonds. The largest absolute Gasteiger partial charge is 0.375 e. The zero-order chi connectivity index (χ0) is 13.8. The molecule has 114 valence electrons. The van der Waals surface area contributed by atoms with Gasteiger partial charge in [0.15, 0.2) is 0 Å². The molecule has 0 aromatic heterocycles. The SMILES string of the molecule is O=C(CCC1CCCCC1)C1CCOC2(CCCC2)C1. The molecule has 1 heterocycles. The number of hydrogen-bond acceptors (Lipinski definition) is 2. The summed E-state index contributed by atoms with van der Waals surface area (Å²) in [5.41, 5.74) is 0.101. The molecule has 3 aliphatic rings. The highest BCUT2D eigenvalue weighted by Crippen LogP contribution is 2.42. The predicted octanol–water partition coefficient (Wildman–Crippen LogP) is 4.66. The second-order valence-corrected chi connectivity index (χ2v) is 7.44. The van der Waals surface area contributed by atoms with Crippen LogP contribution in [0, 0.1) is 11.8 Å². The third-order valence-electron chi connectivity index (χ3n) is 5.99. The Labute approximate surface area is 123 Å². The molecule has 0 bridgehead atoms. The molecule has 0 N–H and O–H groups in total. The highest BCUT2D eigenvalue weighted by Gasteiger charge is 2.41. The van der Waals surface area contributed by atoms with E-state index in [0.717, 1.165) is 38.2 Å². The van der Waals surface area contributed by atoms with Crippen LogP contribution in [0.5, 0.6) is 0 Å². The molecule has 1 spiro atoms. The first-order valence-corrected chi connectivity index (χ1v) is 8.94. The van der Waals surface area contributed by atoms with E-state index in [2.05, 4.69) is 0 Å². The molecule has 1 saturated heterocycles. The maximum atomic E-state index is 12.5. The molecule has 2 aliphatic carbocycles. The van der Waals surface area contributed by atoms with Gasteiger partial charge in [-0.3, -0.25) is 4.79 Å². The third kappa shape index (κ3) is 3.44. The van der Waals surface area contributed by atoms with Crippen molar-refractivity contribution >= 4 is 5.78 Å². The monoisotopic (exact) mass is 278 g/mol. The van der Waals surface area contributed by atoms with E-state index in [9.17, 15) is 4.79 Å². The number of carbonyl (C=O) groups is 1. The summed E-state index contributed by atoms with van der Waals surface area (Å²) in [5.74, 6) is 1.70. The average Bonchev–Trinajstić information content (AvgIpc) is 2.93. The minimum atomic E-state index is 0.101. The number of carbonyl (C=O) groups excluding carboxylic acids is 1. The standard InChI is InChI=1S/C18H30O2/c19-17(9-8-15-6-2-1-3-7-15)16-10-13-20-18(14-16)11-4-5-12-18/h15-16H,1-14H2. The summed E-state index contributed by atoms with van der Waals surface area (Å²) in [6, 6.07) is 0. The van der Waals surface area contributed by atoms with Gasteiger partial charge in [-0.25, -0.2) is 0 Å². The van der Waals surface area contributed by atoms with E-state index < -0.39 is 0 Å². The van der Waals surface area contributed by atoms with Crippen molar-refractivity contribution in [3.8, 4) is 0 Å². The lowest BCUT2D eigenvalue weighted by Crippen LogP contribution is -2.39. The van der Waals surface area contributed by atoms with Crippen LogP contribution in [0.25, 0.3) is 0 Å². The fourth-order valence-corrected chi connectivity index (χ4v) is 4.70. The van der Waals surface area contributed by atoms with Crippen LogP contribution in [0.3, 0.4) is 0 Å². The van der Waals surface area contributed by atoms with E-state index in [1.54, 1.807) is 0 Å². The van der Waals surface area contributed by atoms with Gasteiger partial charge in [-0.15, -0.1) is 0 Å². The zero-order valence-electron chi connectivity index (χ0n) is 12.9. The molecule has 2 saturated carbocycles. The second-order valence-electron chi connectivity index (χ2n) is 7.44. The van der Waals surface area contributed by atoms with Crippen LogP contribution < -0.4 is 0 Å². The summed E-state index contributed by atoms with van der Waals surface area (Å²) < 4.78 is 6.05. The first kappa shape index (κ1) is 14.6. The van der Waals surface area contributed by atoms with Crippen molar-refractivity contribution in [3.05, 3.63) is 0 Å². The van der Waals surface area contributed by atoms with E-state index in [1.807, 2.05) is 0 Å². The number of ether oxygens (including phenoxy) is 1. The van der Waals surface area contributed by atoms with Crippen molar-refractivity contribution in [2.45, 2.75) is 89.1 Å². The molecule has 2 nitrogen and oxygen atoms in total. The summed E-state index contributed by atoms with van der Waals surface area (Å²) in [5, 5.41) is 0. The fraction of sp³-hybridized carbons (Fsp3) is 0.944. The summed E-state index contributed by atoms with van der Waals surface area (Å²) in [4.78, 5) is 12.5. The summed E-state index contributed by atoms with van der Waals surface area (Å²) in [6.07, 6.45) is 15.9. The molecule has 1 atom stereocenters. The van der Waals surface area contributed by atoms with Gasteiger partial charge in [0.25, 0.3) is 0 Å². The molecule has 3 fully saturated rings. The number of rotatable bonds is 4. The van der Waals surface area contributed by atoms with Crippen LogP contribution in [-0.2, 0) is 9.53 Å². The van der Waals surface area contributed by atoms with Crippen molar-refractivity contribution < 1.29 is 9.53 Å². The Hall–Kier alpha value is -0.370. The molecular weight excluding hydrogens is 248 g/mol. The zero-order valence-corrected chi connectivity index (χ0v) is 12.9. The topological polar surface area (TPSA) is 26.3 Å². The van der Waals surface area contributed by atoms with Crippen molar-refractivity contribution in [1.82, 2.24) is 0 Å². The van der Waals surface area contributed by atoms with Crippen LogP contribution in [0.4, 0.5) is 0 Å². The van der Waals surface area contributed by atoms with Gasteiger partial charge in [0, 0.05) is 18.9 Å². The van der Waals surface area contributed by atoms with Crippen LogP contribution in [0.15, 0.2) is 0 Å². The molecule has 3 rings (SSSR count). The Morgan fingerprint density at radius 3 is 2.50 bits per heavy atom. The van der Waals surface area contributed by atoms with Crippen LogP contribution in [-0.4, -0.2) is 18.0 Å². The highest BCUT2D eigenvalue weighted by atomic mass is 16.5. The molecular formula is C18H30O2. The number of Topliss-reactive ketones (excluding diaryl/α,β-unsaturated/α-hetero) is 1. The predicted molar refractivity (Wildman–Crippen MR) is 80.7 cm³/mol. The maximum Gasteiger partial charge on any atom is 0.136 e. The molecule has 0 radical (unpaired) electrons. The minimum absolute atomic E-state index is 0.101. The van der Waals surface area contributed by atoms with E-state index in [1.165, 1.54) is 57.8 Å². The van der Waals surface area contributed by atoms with E-state index >= 15 is 0 Å². The lowest BCUT2D eigenvalue weighted by atomic mass is 9.79. The highest BCUT2D eigenvalue weighted by molar-refractivity contribution is 5.81. The normalized spacial score (nSPS) is 30.7. The van der Waals surface area contributed by atoms with Gasteiger partial charge in [-0.2, -0.15) is 0 Å². The Kier molecular flexibility index (Phi) is 4.80. The van der Waals surface area contributed by atoms with Gasteiger partial charge < -0.3 is 4.74 Å². The smallest absolute Gasteiger partial charge is 0.136 e. The van der Waals surface area contributed by atoms with Gasteiger partial charge >= 0.3 is 0 Å². The number of ketones is 1. The molecule has 1 aliphatic heterocycles. The van der Waals surface area contributed by atoms with E-state index in [-0.39, 0.29) is 5.60 Å². The third-order valence-corrected chi connectivity index (χ3v) is 5.99. The van der Waals surface area contributed by atoms with Crippen molar-refractivity contribution in [2.75, 3.05) is 6.61 Å². The Bertz CT molecular complexity index is 324. The first-order chi connectivity index (χ1) is 9.77. The minimum Gasteiger partial charge on any atom is -0.375 e. The molecule has 1 unspecified atom stereocenters. The quantitative estimate of drug-likeness (QED) is 0.748. The van der Waals surface area contributed by atoms with Gasteiger partial charge in [-0.1, -0.05) is 44.9 Å². The average molecular weight is 278 g/mol. The first-order valence-electron chi connectivity index (χ1n) is 8.94.